The first-order valence-corrected chi connectivity index (χ1v) is 10.6. The number of aryl methyl sites for hydroxylation is 3. The predicted molar refractivity (Wildman–Crippen MR) is 112 cm³/mol. The fraction of sp³-hybridized carbons (Fsp3) is 0.450. The Bertz CT molecular complexity index is 1020. The molecule has 0 bridgehead atoms. The molecule has 0 radical (unpaired) electrons. The Morgan fingerprint density at radius 2 is 2.18 bits per heavy atom. The molecule has 1 fully saturated rings. The van der Waals surface area contributed by atoms with Gasteiger partial charge in [0, 0.05) is 17.3 Å². The Morgan fingerprint density at radius 1 is 1.36 bits per heavy atom. The van der Waals surface area contributed by atoms with Gasteiger partial charge in [-0.15, -0.1) is 0 Å². The van der Waals surface area contributed by atoms with Gasteiger partial charge >= 0.3 is 0 Å². The quantitative estimate of drug-likeness (QED) is 0.620. The van der Waals surface area contributed by atoms with Gasteiger partial charge in [0.2, 0.25) is 0 Å². The molecule has 0 saturated carbocycles. The van der Waals surface area contributed by atoms with Crippen molar-refractivity contribution in [2.24, 2.45) is 0 Å². The molecule has 2 aromatic heterocycles. The zero-order valence-corrected chi connectivity index (χ0v) is 17.8. The minimum Gasteiger partial charge on any atom is -0.376 e. The van der Waals surface area contributed by atoms with E-state index in [0.717, 1.165) is 46.6 Å². The maximum absolute atomic E-state index is 13.2. The van der Waals surface area contributed by atoms with Crippen molar-refractivity contribution in [3.63, 3.8) is 0 Å². The van der Waals surface area contributed by atoms with Crippen LogP contribution in [0, 0.1) is 20.8 Å². The van der Waals surface area contributed by atoms with Crippen molar-refractivity contribution in [3.05, 3.63) is 40.2 Å². The van der Waals surface area contributed by atoms with Gasteiger partial charge in [-0.25, -0.2) is 4.98 Å². The highest BCUT2D eigenvalue weighted by atomic mass is 35.5. The topological polar surface area (TPSA) is 60.2 Å². The van der Waals surface area contributed by atoms with Gasteiger partial charge < -0.3 is 4.74 Å². The minimum absolute atomic E-state index is 0.0375. The molecule has 8 heteroatoms. The Morgan fingerprint density at radius 3 is 2.86 bits per heavy atom. The smallest absolute Gasteiger partial charge is 0.250 e. The van der Waals surface area contributed by atoms with Gasteiger partial charge in [-0.1, -0.05) is 22.9 Å². The maximum atomic E-state index is 13.2. The molecule has 1 aliphatic heterocycles. The monoisotopic (exact) mass is 418 g/mol. The molecular weight excluding hydrogens is 396 g/mol. The van der Waals surface area contributed by atoms with Crippen LogP contribution in [0.15, 0.2) is 18.2 Å². The summed E-state index contributed by atoms with van der Waals surface area (Å²) in [4.78, 5) is 19.8. The molecule has 1 amide bonds. The maximum Gasteiger partial charge on any atom is 0.250 e. The van der Waals surface area contributed by atoms with E-state index in [1.54, 1.807) is 9.58 Å². The van der Waals surface area contributed by atoms with Crippen molar-refractivity contribution in [1.29, 1.82) is 0 Å². The predicted octanol–water partition coefficient (Wildman–Crippen LogP) is 4.28. The summed E-state index contributed by atoms with van der Waals surface area (Å²) in [5.74, 6) is -0.0375. The van der Waals surface area contributed by atoms with Crippen molar-refractivity contribution in [3.8, 4) is 0 Å². The fourth-order valence-corrected chi connectivity index (χ4v) is 5.03. The second kappa shape index (κ2) is 7.81. The summed E-state index contributed by atoms with van der Waals surface area (Å²) in [6.07, 6.45) is 2.03. The van der Waals surface area contributed by atoms with E-state index in [9.17, 15) is 4.79 Å². The molecule has 1 aliphatic rings. The van der Waals surface area contributed by atoms with E-state index in [-0.39, 0.29) is 18.6 Å². The summed E-state index contributed by atoms with van der Waals surface area (Å²) in [5.41, 5.74) is 3.77. The van der Waals surface area contributed by atoms with E-state index in [2.05, 4.69) is 5.10 Å². The zero-order chi connectivity index (χ0) is 19.8. The number of halogens is 1. The molecule has 4 rings (SSSR count). The van der Waals surface area contributed by atoms with Crippen molar-refractivity contribution in [1.82, 2.24) is 14.8 Å². The number of carbonyl (C=O) groups is 1. The third-order valence-corrected chi connectivity index (χ3v) is 6.21. The van der Waals surface area contributed by atoms with Gasteiger partial charge in [-0.05, 0) is 57.4 Å². The first-order chi connectivity index (χ1) is 13.4. The molecule has 1 unspecified atom stereocenters. The number of benzene rings is 1. The molecule has 1 saturated heterocycles. The summed E-state index contributed by atoms with van der Waals surface area (Å²) in [7, 11) is 0. The van der Waals surface area contributed by atoms with Gasteiger partial charge in [0.05, 0.1) is 28.6 Å². The number of fused-ring (bicyclic) bond motifs is 1. The number of anilines is 1. The summed E-state index contributed by atoms with van der Waals surface area (Å²) in [6.45, 7) is 7.31. The molecule has 1 aromatic carbocycles. The normalized spacial score (nSPS) is 16.8. The van der Waals surface area contributed by atoms with Crippen LogP contribution in [0.4, 0.5) is 5.13 Å². The number of ether oxygens (including phenoxy) is 1. The van der Waals surface area contributed by atoms with Crippen LogP contribution >= 0.6 is 22.9 Å². The molecule has 148 valence electrons. The van der Waals surface area contributed by atoms with Crippen LogP contribution in [-0.4, -0.2) is 39.9 Å². The highest BCUT2D eigenvalue weighted by molar-refractivity contribution is 7.22. The van der Waals surface area contributed by atoms with Crippen LogP contribution in [0.1, 0.15) is 29.8 Å². The van der Waals surface area contributed by atoms with Crippen LogP contribution in [0.3, 0.4) is 0 Å². The molecule has 3 heterocycles. The van der Waals surface area contributed by atoms with E-state index in [1.807, 2.05) is 39.0 Å². The van der Waals surface area contributed by atoms with E-state index < -0.39 is 0 Å². The van der Waals surface area contributed by atoms with Crippen molar-refractivity contribution in [2.45, 2.75) is 46.3 Å². The lowest BCUT2D eigenvalue weighted by molar-refractivity contribution is -0.119. The van der Waals surface area contributed by atoms with Crippen molar-refractivity contribution in [2.75, 3.05) is 18.1 Å². The first-order valence-electron chi connectivity index (χ1n) is 9.40. The number of rotatable bonds is 5. The van der Waals surface area contributed by atoms with Crippen molar-refractivity contribution < 1.29 is 9.53 Å². The van der Waals surface area contributed by atoms with E-state index in [4.69, 9.17) is 21.3 Å². The molecule has 6 nitrogen and oxygen atoms in total. The number of amides is 1. The van der Waals surface area contributed by atoms with Gasteiger partial charge in [-0.2, -0.15) is 5.10 Å². The number of aromatic nitrogens is 3. The van der Waals surface area contributed by atoms with Gasteiger partial charge in [0.25, 0.3) is 5.91 Å². The second-order valence-electron chi connectivity index (χ2n) is 7.29. The molecule has 0 aliphatic carbocycles. The molecule has 3 aromatic rings. The van der Waals surface area contributed by atoms with Gasteiger partial charge in [0.1, 0.15) is 6.54 Å². The van der Waals surface area contributed by atoms with Crippen LogP contribution in [0.2, 0.25) is 5.02 Å². The minimum atomic E-state index is -0.0375. The number of hydrogen-bond acceptors (Lipinski definition) is 5. The summed E-state index contributed by atoms with van der Waals surface area (Å²) >= 11 is 7.70. The van der Waals surface area contributed by atoms with E-state index in [0.29, 0.717) is 16.7 Å². The molecule has 1 atom stereocenters. The first kappa shape index (κ1) is 19.4. The van der Waals surface area contributed by atoms with Crippen LogP contribution in [-0.2, 0) is 16.1 Å². The molecule has 0 spiro atoms. The lowest BCUT2D eigenvalue weighted by atomic mass is 10.2. The Balaban J connectivity index is 1.67. The average molecular weight is 419 g/mol. The Kier molecular flexibility index (Phi) is 5.40. The fourth-order valence-electron chi connectivity index (χ4n) is 3.59. The van der Waals surface area contributed by atoms with Crippen LogP contribution in [0.5, 0.6) is 0 Å². The average Bonchev–Trinajstić information content (AvgIpc) is 3.33. The SMILES string of the molecule is Cc1cc(C)n(CC(=O)N(CC2CCCO2)c2nc3c(C)cc(Cl)cc3s2)n1. The highest BCUT2D eigenvalue weighted by Gasteiger charge is 2.27. The summed E-state index contributed by atoms with van der Waals surface area (Å²) in [5, 5.41) is 5.79. The summed E-state index contributed by atoms with van der Waals surface area (Å²) < 4.78 is 8.52. The van der Waals surface area contributed by atoms with Gasteiger partial charge in [0.15, 0.2) is 5.13 Å². The summed E-state index contributed by atoms with van der Waals surface area (Å²) in [6, 6.07) is 5.77. The number of nitrogens with zero attached hydrogens (tertiary/aromatic N) is 4. The second-order valence-corrected chi connectivity index (χ2v) is 8.74. The van der Waals surface area contributed by atoms with Crippen LogP contribution in [0.25, 0.3) is 10.2 Å². The standard InChI is InChI=1S/C20H23ClN4O2S/c1-12-7-15(21)9-17-19(12)22-20(28-17)24(10-16-5-4-6-27-16)18(26)11-25-14(3)8-13(2)23-25/h7-9,16H,4-6,10-11H2,1-3H3. The number of carbonyl (C=O) groups excluding carboxylic acids is 1. The lowest BCUT2D eigenvalue weighted by Crippen LogP contribution is -2.39. The molecular formula is C20H23ClN4O2S. The molecule has 0 N–H and O–H groups in total. The number of hydrogen-bond donors (Lipinski definition) is 0. The highest BCUT2D eigenvalue weighted by Crippen LogP contribution is 2.33. The Labute approximate surface area is 173 Å². The Hall–Kier alpha value is -1.96. The number of thiazole rings is 1. The van der Waals surface area contributed by atoms with E-state index in [1.165, 1.54) is 11.3 Å². The largest absolute Gasteiger partial charge is 0.376 e. The van der Waals surface area contributed by atoms with E-state index >= 15 is 0 Å². The van der Waals surface area contributed by atoms with Crippen molar-refractivity contribution >= 4 is 44.2 Å². The third kappa shape index (κ3) is 3.92. The third-order valence-electron chi connectivity index (χ3n) is 4.97. The van der Waals surface area contributed by atoms with Crippen LogP contribution < -0.4 is 4.90 Å². The van der Waals surface area contributed by atoms with Gasteiger partial charge in [-0.3, -0.25) is 14.4 Å². The lowest BCUT2D eigenvalue weighted by Gasteiger charge is -2.23. The molecule has 28 heavy (non-hydrogen) atoms. The zero-order valence-electron chi connectivity index (χ0n) is 16.2.